The third-order valence-corrected chi connectivity index (χ3v) is 31.7. The Morgan fingerprint density at radius 3 is 1.08 bits per heavy atom. The SMILES string of the molecule is Cc1cc(-c2c(C)cc(C3CCCCC3)c3c2Cc2ccccc2-3)[n+](C)cc1C.Cc1cc(-c2c(C)ccc3c2Cc2c-3cccc2C2CCC(C)(C)CC2)[n+](C)cc1C.Cc1cc(-c2c(C)ccc3c2Cc2cc(C4CCC(C)(C)CC4)ccc2-3)[n+](C)cc1C.Cc1cc(-c2c(C)ccc3c2Cc2ccc(C4CCC(C)(C)CC4)cc2-3)[n+](C)cc1C. The van der Waals surface area contributed by atoms with Crippen LogP contribution in [0.3, 0.4) is 0 Å². The van der Waals surface area contributed by atoms with Crippen LogP contribution in [0.25, 0.3) is 89.5 Å². The van der Waals surface area contributed by atoms with Crippen molar-refractivity contribution in [3.05, 3.63) is 304 Å². The Kier molecular flexibility index (Phi) is 23.2. The Morgan fingerprint density at radius 2 is 0.598 bits per heavy atom. The van der Waals surface area contributed by atoms with Gasteiger partial charge in [-0.3, -0.25) is 0 Å². The van der Waals surface area contributed by atoms with Crippen LogP contribution in [0.5, 0.6) is 0 Å². The fourth-order valence-electron chi connectivity index (χ4n) is 23.5. The minimum atomic E-state index is 0.514. The average molecular weight is 1610 g/mol. The third kappa shape index (κ3) is 16.3. The molecule has 0 bridgehead atoms. The zero-order chi connectivity index (χ0) is 85.9. The van der Waals surface area contributed by atoms with Crippen LogP contribution in [0.2, 0.25) is 0 Å². The first-order chi connectivity index (χ1) is 58.3. The van der Waals surface area contributed by atoms with Gasteiger partial charge in [0, 0.05) is 46.5 Å². The summed E-state index contributed by atoms with van der Waals surface area (Å²) >= 11 is 0. The molecule has 8 aliphatic carbocycles. The van der Waals surface area contributed by atoms with Gasteiger partial charge >= 0.3 is 0 Å². The van der Waals surface area contributed by atoms with E-state index in [2.05, 4.69) is 341 Å². The number of rotatable bonds is 8. The van der Waals surface area contributed by atoms with E-state index in [1.807, 2.05) is 0 Å². The number of hydrogen-bond acceptors (Lipinski definition) is 0. The Morgan fingerprint density at radius 1 is 0.238 bits per heavy atom. The van der Waals surface area contributed by atoms with E-state index >= 15 is 0 Å². The Bertz CT molecular complexity index is 6090. The topological polar surface area (TPSA) is 15.5 Å². The van der Waals surface area contributed by atoms with Crippen molar-refractivity contribution in [1.29, 1.82) is 0 Å². The lowest BCUT2D eigenvalue weighted by Gasteiger charge is -2.35. The number of hydrogen-bond donors (Lipinski definition) is 0. The van der Waals surface area contributed by atoms with E-state index in [0.29, 0.717) is 16.2 Å². The summed E-state index contributed by atoms with van der Waals surface area (Å²) in [6, 6.07) is 57.1. The molecule has 8 aromatic carbocycles. The molecule has 0 radical (unpaired) electrons. The largest absolute Gasteiger partial charge is 0.213 e. The first kappa shape index (κ1) is 84.6. The zero-order valence-corrected chi connectivity index (χ0v) is 78.6. The molecule has 628 valence electrons. The van der Waals surface area contributed by atoms with Gasteiger partial charge in [-0.15, -0.1) is 0 Å². The van der Waals surface area contributed by atoms with Gasteiger partial charge in [0.25, 0.3) is 0 Å². The summed E-state index contributed by atoms with van der Waals surface area (Å²) in [7, 11) is 8.76. The molecule has 122 heavy (non-hydrogen) atoms. The summed E-state index contributed by atoms with van der Waals surface area (Å²) in [5, 5.41) is 0. The quantitative estimate of drug-likeness (QED) is 0.135. The number of nitrogens with zero attached hydrogens (tertiary/aromatic N) is 4. The van der Waals surface area contributed by atoms with E-state index in [4.69, 9.17) is 0 Å². The highest BCUT2D eigenvalue weighted by molar-refractivity contribution is 5.90. The lowest BCUT2D eigenvalue weighted by atomic mass is 9.70. The van der Waals surface area contributed by atoms with Gasteiger partial charge in [-0.05, 0) is 394 Å². The van der Waals surface area contributed by atoms with Crippen LogP contribution in [0, 0.1) is 99.3 Å². The first-order valence-corrected chi connectivity index (χ1v) is 47.2. The molecule has 4 nitrogen and oxygen atoms in total. The standard InChI is InChI=1S/3C30H36N.C28H32N/c1-19-7-10-25-26-16-23(22-11-13-30(4,5)14-12-22)8-9-24(26)17-27(25)29(19)28-15-20(2)21(3)18-31(28)6;1-19-7-9-26-25-10-8-23(22-11-13-30(4,5)14-12-22)16-24(25)17-27(26)29(19)28-15-20(2)21(3)18-31(28)6;1-19-10-11-25-24-9-7-8-23(22-12-14-30(4,5)15-13-22)26(24)17-27(25)29(19)28-16-20(2)21(3)18-31(28)6;1-18-15-26(29(4)17-20(18)3)27-19(2)14-24(21-10-6-5-7-11-21)28-23-13-9-8-12-22(23)16-25(27)28/h2*7-10,15-16,18,22H,11-14,17H2,1-6H3;7-11,16,18,22H,12-15,17H2,1-6H3;8-9,12-15,17,21H,5-7,10-11,16H2,1-4H3/q4*+1. The maximum Gasteiger partial charge on any atom is 0.213 e. The van der Waals surface area contributed by atoms with Gasteiger partial charge in [-0.25, -0.2) is 18.3 Å². The van der Waals surface area contributed by atoms with Crippen LogP contribution in [0.1, 0.15) is 308 Å². The van der Waals surface area contributed by atoms with E-state index in [-0.39, 0.29) is 0 Å². The van der Waals surface area contributed by atoms with E-state index in [1.54, 1.807) is 38.9 Å². The fraction of sp³-hybridized carbons (Fsp3) is 0.424. The van der Waals surface area contributed by atoms with Gasteiger partial charge in [-0.1, -0.05) is 182 Å². The molecular weight excluding hydrogens is 1470 g/mol. The summed E-state index contributed by atoms with van der Waals surface area (Å²) in [4.78, 5) is 0. The van der Waals surface area contributed by atoms with Crippen LogP contribution in [-0.4, -0.2) is 0 Å². The van der Waals surface area contributed by atoms with Crippen LogP contribution < -0.4 is 18.3 Å². The van der Waals surface area contributed by atoms with E-state index < -0.39 is 0 Å². The highest BCUT2D eigenvalue weighted by Gasteiger charge is 2.38. The van der Waals surface area contributed by atoms with Crippen LogP contribution in [0.15, 0.2) is 170 Å². The fourth-order valence-corrected chi connectivity index (χ4v) is 23.5. The summed E-state index contributed by atoms with van der Waals surface area (Å²) in [5.41, 5.74) is 59.5. The van der Waals surface area contributed by atoms with Crippen LogP contribution in [-0.2, 0) is 53.9 Å². The molecule has 20 rings (SSSR count). The molecule has 4 heteroatoms. The van der Waals surface area contributed by atoms with Crippen molar-refractivity contribution in [2.24, 2.45) is 44.4 Å². The summed E-state index contributed by atoms with van der Waals surface area (Å²) < 4.78 is 9.26. The van der Waals surface area contributed by atoms with Crippen molar-refractivity contribution in [2.75, 3.05) is 0 Å². The van der Waals surface area contributed by atoms with E-state index in [0.717, 1.165) is 49.4 Å². The maximum atomic E-state index is 2.54. The lowest BCUT2D eigenvalue weighted by Crippen LogP contribution is -2.32. The summed E-state index contributed by atoms with van der Waals surface area (Å²) in [6.07, 6.45) is 36.3. The normalized spacial score (nSPS) is 17.1. The summed E-state index contributed by atoms with van der Waals surface area (Å²) in [5.74, 6) is 2.91. The van der Waals surface area contributed by atoms with Gasteiger partial charge in [0.15, 0.2) is 24.8 Å². The molecule has 0 amide bonds. The number of fused-ring (bicyclic) bond motifs is 12. The highest BCUT2D eigenvalue weighted by atomic mass is 14.9. The van der Waals surface area contributed by atoms with Crippen molar-refractivity contribution >= 4 is 0 Å². The Labute approximate surface area is 734 Å². The first-order valence-electron chi connectivity index (χ1n) is 47.2. The number of aromatic nitrogens is 4. The lowest BCUT2D eigenvalue weighted by molar-refractivity contribution is -0.660. The zero-order valence-electron chi connectivity index (χ0n) is 78.6. The Hall–Kier alpha value is -9.64. The minimum Gasteiger partial charge on any atom is -0.201 e. The predicted molar refractivity (Wildman–Crippen MR) is 513 cm³/mol. The molecule has 0 atom stereocenters. The smallest absolute Gasteiger partial charge is 0.201 e. The number of benzene rings is 8. The predicted octanol–water partition coefficient (Wildman–Crippen LogP) is 28.8. The van der Waals surface area contributed by atoms with Gasteiger partial charge in [0.1, 0.15) is 28.2 Å². The molecule has 0 spiro atoms. The molecule has 0 saturated heterocycles. The molecule has 4 aromatic heterocycles. The summed E-state index contributed by atoms with van der Waals surface area (Å²) in [6.45, 7) is 41.5. The van der Waals surface area contributed by atoms with Crippen molar-refractivity contribution in [2.45, 2.75) is 283 Å². The molecule has 4 fully saturated rings. The van der Waals surface area contributed by atoms with Gasteiger partial charge < -0.3 is 0 Å². The van der Waals surface area contributed by atoms with E-state index in [9.17, 15) is 0 Å². The monoisotopic (exact) mass is 1610 g/mol. The highest BCUT2D eigenvalue weighted by Crippen LogP contribution is 2.54. The second kappa shape index (κ2) is 33.5. The second-order valence-electron chi connectivity index (χ2n) is 42.1. The Balaban J connectivity index is 0.000000116. The molecule has 0 unspecified atom stereocenters. The molecule has 12 aromatic rings. The van der Waals surface area contributed by atoms with Crippen molar-refractivity contribution in [1.82, 2.24) is 0 Å². The number of aryl methyl sites for hydroxylation is 16. The van der Waals surface area contributed by atoms with Crippen LogP contribution in [0.4, 0.5) is 0 Å². The van der Waals surface area contributed by atoms with Crippen LogP contribution >= 0.6 is 0 Å². The van der Waals surface area contributed by atoms with Gasteiger partial charge in [0.05, 0.1) is 22.3 Å². The second-order valence-corrected chi connectivity index (χ2v) is 42.1. The molecule has 0 aliphatic heterocycles. The molecular formula is C118H140N4+4. The van der Waals surface area contributed by atoms with Crippen molar-refractivity contribution < 1.29 is 18.3 Å². The molecule has 4 saturated carbocycles. The van der Waals surface area contributed by atoms with Gasteiger partial charge in [0.2, 0.25) is 22.8 Å². The van der Waals surface area contributed by atoms with Crippen molar-refractivity contribution in [3.63, 3.8) is 0 Å². The molecule has 0 N–H and O–H groups in total. The van der Waals surface area contributed by atoms with E-state index in [1.165, 1.54) is 293 Å². The van der Waals surface area contributed by atoms with Crippen molar-refractivity contribution in [3.8, 4) is 89.5 Å². The minimum absolute atomic E-state index is 0.514. The molecule has 4 heterocycles. The maximum absolute atomic E-state index is 2.54. The average Bonchev–Trinajstić information content (AvgIpc) is 1.59. The number of pyridine rings is 4. The molecule has 8 aliphatic rings. The third-order valence-electron chi connectivity index (χ3n) is 31.7. The van der Waals surface area contributed by atoms with Gasteiger partial charge in [-0.2, -0.15) is 0 Å².